The van der Waals surface area contributed by atoms with E-state index in [0.717, 1.165) is 11.8 Å². The molecule has 4 aromatic rings. The summed E-state index contributed by atoms with van der Waals surface area (Å²) in [6, 6.07) is 12.1. The molecule has 0 saturated carbocycles. The molecule has 0 saturated heterocycles. The summed E-state index contributed by atoms with van der Waals surface area (Å²) in [5.74, 6) is 0.675. The summed E-state index contributed by atoms with van der Waals surface area (Å²) < 4.78 is 7.14. The number of anilines is 4. The number of pyridine rings is 1. The number of rotatable bonds is 7. The summed E-state index contributed by atoms with van der Waals surface area (Å²) in [5, 5.41) is 18.5. The number of aromatic nitrogens is 3. The van der Waals surface area contributed by atoms with Crippen LogP contribution < -0.4 is 21.1 Å². The largest absolute Gasteiger partial charge is 0.496 e. The van der Waals surface area contributed by atoms with Gasteiger partial charge in [0.2, 0.25) is 0 Å². The van der Waals surface area contributed by atoms with Gasteiger partial charge in [-0.3, -0.25) is 9.78 Å². The van der Waals surface area contributed by atoms with Crippen LogP contribution in [0.25, 0.3) is 5.69 Å². The second-order valence-corrected chi connectivity index (χ2v) is 7.76. The number of carbonyl (C=O) groups excluding carboxylic acids is 1. The van der Waals surface area contributed by atoms with Crippen molar-refractivity contribution in [3.05, 3.63) is 82.8 Å². The van der Waals surface area contributed by atoms with Gasteiger partial charge in [-0.15, -0.1) is 5.10 Å². The molecule has 0 bridgehead atoms. The van der Waals surface area contributed by atoms with Crippen molar-refractivity contribution in [2.24, 2.45) is 0 Å². The van der Waals surface area contributed by atoms with Crippen LogP contribution in [0.1, 0.15) is 21.5 Å². The van der Waals surface area contributed by atoms with Crippen molar-refractivity contribution in [3.63, 3.8) is 0 Å². The van der Waals surface area contributed by atoms with Crippen LogP contribution >= 0.6 is 11.6 Å². The Morgan fingerprint density at radius 2 is 2.09 bits per heavy atom. The van der Waals surface area contributed by atoms with Crippen molar-refractivity contribution in [1.82, 2.24) is 14.8 Å². The zero-order valence-corrected chi connectivity index (χ0v) is 19.2. The average molecular weight is 476 g/mol. The van der Waals surface area contributed by atoms with Crippen molar-refractivity contribution in [2.75, 3.05) is 23.5 Å². The van der Waals surface area contributed by atoms with Crippen LogP contribution in [0.4, 0.5) is 22.9 Å². The third-order valence-corrected chi connectivity index (χ3v) is 5.53. The van der Waals surface area contributed by atoms with Crippen molar-refractivity contribution < 1.29 is 9.53 Å². The monoisotopic (exact) mass is 475 g/mol. The topological polar surface area (TPSA) is 131 Å². The fourth-order valence-electron chi connectivity index (χ4n) is 3.34. The molecule has 172 valence electrons. The Kier molecular flexibility index (Phi) is 6.46. The minimum atomic E-state index is -0.310. The molecule has 9 nitrogen and oxygen atoms in total. The van der Waals surface area contributed by atoms with Gasteiger partial charge in [0.15, 0.2) is 5.82 Å². The van der Waals surface area contributed by atoms with Crippen LogP contribution in [-0.4, -0.2) is 34.0 Å². The molecule has 4 rings (SSSR count). The van der Waals surface area contributed by atoms with Crippen molar-refractivity contribution in [2.45, 2.75) is 6.92 Å². The Hall–Kier alpha value is -4.37. The van der Waals surface area contributed by atoms with E-state index in [9.17, 15) is 4.79 Å². The van der Waals surface area contributed by atoms with E-state index >= 15 is 0 Å². The summed E-state index contributed by atoms with van der Waals surface area (Å²) in [7, 11) is 1.51. The summed E-state index contributed by atoms with van der Waals surface area (Å²) in [5.41, 5.74) is 9.86. The van der Waals surface area contributed by atoms with Crippen molar-refractivity contribution >= 4 is 46.6 Å². The van der Waals surface area contributed by atoms with Gasteiger partial charge >= 0.3 is 0 Å². The highest BCUT2D eigenvalue weighted by atomic mass is 35.5. The first-order valence-corrected chi connectivity index (χ1v) is 10.6. The summed E-state index contributed by atoms with van der Waals surface area (Å²) in [6.45, 7) is 1.90. The normalized spacial score (nSPS) is 10.6. The molecule has 1 amide bonds. The first kappa shape index (κ1) is 22.8. The SMILES string of the molecule is COc1cc(-n2cc(C)c(Nc3ccc(N)c(C=N)c3Cl)n2)ccc1C(=O)Nc1cccnc1. The van der Waals surface area contributed by atoms with Crippen LogP contribution in [0.3, 0.4) is 0 Å². The lowest BCUT2D eigenvalue weighted by molar-refractivity contribution is 0.102. The molecular formula is C24H22ClN7O2. The molecule has 0 aliphatic rings. The number of aryl methyl sites for hydroxylation is 1. The third-order valence-electron chi connectivity index (χ3n) is 5.12. The van der Waals surface area contributed by atoms with Gasteiger partial charge in [-0.2, -0.15) is 0 Å². The minimum Gasteiger partial charge on any atom is -0.496 e. The standard InChI is InChI=1S/C24H22ClN7O2/c1-14-13-32(31-23(14)30-20-8-7-19(27)18(11-26)22(20)25)16-5-6-17(21(10-16)34-2)24(33)29-15-4-3-9-28-12-15/h3-13,26H,27H2,1-2H3,(H,29,33)(H,30,31). The number of halogens is 1. The maximum atomic E-state index is 12.7. The molecule has 2 heterocycles. The number of methoxy groups -OCH3 is 1. The molecule has 0 radical (unpaired) electrons. The lowest BCUT2D eigenvalue weighted by Gasteiger charge is -2.12. The third kappa shape index (κ3) is 4.55. The van der Waals surface area contributed by atoms with E-state index in [0.29, 0.717) is 50.5 Å². The number of nitrogens with zero attached hydrogens (tertiary/aromatic N) is 3. The molecule has 0 atom stereocenters. The second kappa shape index (κ2) is 9.63. The molecular weight excluding hydrogens is 454 g/mol. The van der Waals surface area contributed by atoms with E-state index in [1.165, 1.54) is 7.11 Å². The number of hydrogen-bond donors (Lipinski definition) is 4. The molecule has 10 heteroatoms. The van der Waals surface area contributed by atoms with Gasteiger partial charge in [-0.25, -0.2) is 4.68 Å². The first-order chi connectivity index (χ1) is 16.4. The number of hydrogen-bond acceptors (Lipinski definition) is 7. The molecule has 0 aliphatic carbocycles. The first-order valence-electron chi connectivity index (χ1n) is 10.2. The van der Waals surface area contributed by atoms with Crippen molar-refractivity contribution in [1.29, 1.82) is 5.41 Å². The predicted octanol–water partition coefficient (Wildman–Crippen LogP) is 4.81. The Bertz CT molecular complexity index is 1370. The van der Waals surface area contributed by atoms with Gasteiger partial charge in [0.05, 0.1) is 41.0 Å². The fourth-order valence-corrected chi connectivity index (χ4v) is 3.61. The van der Waals surface area contributed by atoms with Crippen molar-refractivity contribution in [3.8, 4) is 11.4 Å². The molecule has 2 aromatic carbocycles. The van der Waals surface area contributed by atoms with E-state index in [1.807, 2.05) is 13.1 Å². The van der Waals surface area contributed by atoms with E-state index in [-0.39, 0.29) is 5.91 Å². The highest BCUT2D eigenvalue weighted by Gasteiger charge is 2.16. The van der Waals surface area contributed by atoms with Gasteiger partial charge in [0, 0.05) is 41.5 Å². The van der Waals surface area contributed by atoms with Gasteiger partial charge in [0.1, 0.15) is 5.75 Å². The maximum Gasteiger partial charge on any atom is 0.259 e. The Labute approximate surface area is 201 Å². The van der Waals surface area contributed by atoms with Gasteiger partial charge in [-0.05, 0) is 43.3 Å². The summed E-state index contributed by atoms with van der Waals surface area (Å²) in [4.78, 5) is 16.7. The van der Waals surface area contributed by atoms with Gasteiger partial charge in [-0.1, -0.05) is 11.6 Å². The van der Waals surface area contributed by atoms with Crippen LogP contribution in [0.5, 0.6) is 5.75 Å². The highest BCUT2D eigenvalue weighted by Crippen LogP contribution is 2.32. The van der Waals surface area contributed by atoms with Gasteiger partial charge in [0.25, 0.3) is 5.91 Å². The minimum absolute atomic E-state index is 0.310. The zero-order valence-electron chi connectivity index (χ0n) is 18.5. The predicted molar refractivity (Wildman–Crippen MR) is 134 cm³/mol. The molecule has 0 spiro atoms. The zero-order chi connectivity index (χ0) is 24.2. The maximum absolute atomic E-state index is 12.7. The second-order valence-electron chi connectivity index (χ2n) is 7.39. The Morgan fingerprint density at radius 3 is 2.79 bits per heavy atom. The number of benzene rings is 2. The number of nitrogens with one attached hydrogen (secondary N) is 3. The summed E-state index contributed by atoms with van der Waals surface area (Å²) >= 11 is 6.40. The molecule has 2 aromatic heterocycles. The number of carbonyl (C=O) groups is 1. The van der Waals surface area contributed by atoms with E-state index < -0.39 is 0 Å². The van der Waals surface area contributed by atoms with E-state index in [1.54, 1.807) is 59.5 Å². The smallest absolute Gasteiger partial charge is 0.259 e. The van der Waals surface area contributed by atoms with Crippen LogP contribution in [0.2, 0.25) is 5.02 Å². The molecule has 34 heavy (non-hydrogen) atoms. The van der Waals surface area contributed by atoms with Gasteiger partial charge < -0.3 is 26.5 Å². The van der Waals surface area contributed by atoms with Crippen LogP contribution in [0.15, 0.2) is 61.1 Å². The lowest BCUT2D eigenvalue weighted by Crippen LogP contribution is -2.13. The van der Waals surface area contributed by atoms with Crippen LogP contribution in [0, 0.1) is 12.3 Å². The van der Waals surface area contributed by atoms with E-state index in [2.05, 4.69) is 20.7 Å². The molecule has 0 fully saturated rings. The quantitative estimate of drug-likeness (QED) is 0.224. The highest BCUT2D eigenvalue weighted by molar-refractivity contribution is 6.36. The molecule has 0 unspecified atom stereocenters. The van der Waals surface area contributed by atoms with E-state index in [4.69, 9.17) is 27.5 Å². The lowest BCUT2D eigenvalue weighted by atomic mass is 10.1. The number of amides is 1. The molecule has 0 aliphatic heterocycles. The average Bonchev–Trinajstić information content (AvgIpc) is 3.21. The van der Waals surface area contributed by atoms with Crippen LogP contribution in [-0.2, 0) is 0 Å². The number of ether oxygens (including phenoxy) is 1. The summed E-state index contributed by atoms with van der Waals surface area (Å²) in [6.07, 6.45) is 6.16. The fraction of sp³-hybridized carbons (Fsp3) is 0.0833. The number of nitrogen functional groups attached to an aromatic ring is 1. The Balaban J connectivity index is 1.60. The Morgan fingerprint density at radius 1 is 1.26 bits per heavy atom. The molecule has 5 N–H and O–H groups in total. The number of nitrogens with two attached hydrogens (primary N) is 1.